The van der Waals surface area contributed by atoms with Crippen LogP contribution in [0.15, 0.2) is 12.2 Å². The van der Waals surface area contributed by atoms with Crippen LogP contribution >= 0.6 is 0 Å². The lowest BCUT2D eigenvalue weighted by atomic mass is 10.1. The second-order valence-corrected chi connectivity index (χ2v) is 10.7. The molecule has 0 rings (SSSR count). The number of unbranched alkanes of at least 4 members (excludes halogenated alkanes) is 7. The fourth-order valence-corrected chi connectivity index (χ4v) is 7.22. The molecule has 0 aromatic carbocycles. The van der Waals surface area contributed by atoms with Crippen molar-refractivity contribution in [1.29, 1.82) is 0 Å². The zero-order chi connectivity index (χ0) is 19.6. The third-order valence-electron chi connectivity index (χ3n) is 4.85. The number of rotatable bonds is 17. The van der Waals surface area contributed by atoms with Crippen LogP contribution in [0.1, 0.15) is 91.4 Å². The van der Waals surface area contributed by atoms with E-state index in [1.807, 2.05) is 0 Å². The predicted octanol–water partition coefficient (Wildman–Crippen LogP) is 5.66. The molecule has 0 radical (unpaired) electrons. The van der Waals surface area contributed by atoms with Crippen molar-refractivity contribution in [2.24, 2.45) is 0 Å². The Morgan fingerprint density at radius 2 is 1.38 bits per heavy atom. The first-order chi connectivity index (χ1) is 12.5. The van der Waals surface area contributed by atoms with Gasteiger partial charge in [-0.25, -0.2) is 9.59 Å². The van der Waals surface area contributed by atoms with Gasteiger partial charge in [-0.1, -0.05) is 97.1 Å². The maximum Gasteiger partial charge on any atom is 0.330 e. The van der Waals surface area contributed by atoms with Crippen LogP contribution in [0.2, 0.25) is 12.1 Å². The summed E-state index contributed by atoms with van der Waals surface area (Å²) in [6.07, 6.45) is 15.0. The van der Waals surface area contributed by atoms with Crippen molar-refractivity contribution < 1.29 is 19.4 Å². The van der Waals surface area contributed by atoms with E-state index >= 15 is 0 Å². The lowest BCUT2D eigenvalue weighted by Crippen LogP contribution is -2.35. The van der Waals surface area contributed by atoms with Gasteiger partial charge in [0.2, 0.25) is 0 Å². The standard InChI is InChI=1S/C21H40O4Si/c1-4-7-10-11-12-13-14-21(25-20(24)16-15-19(22)23)26(17-8-5-2)18-9-6-3/h15-16,21,26H,4-14,17-18H2,1-3H3,(H,22,23)/b16-15+. The van der Waals surface area contributed by atoms with Crippen LogP contribution in [0.5, 0.6) is 0 Å². The Labute approximate surface area is 162 Å². The Hall–Kier alpha value is -1.10. The molecular weight excluding hydrogens is 344 g/mol. The molecule has 0 aromatic rings. The van der Waals surface area contributed by atoms with Gasteiger partial charge in [0.1, 0.15) is 0 Å². The van der Waals surface area contributed by atoms with E-state index in [2.05, 4.69) is 20.8 Å². The zero-order valence-corrected chi connectivity index (χ0v) is 18.3. The van der Waals surface area contributed by atoms with E-state index in [4.69, 9.17) is 9.84 Å². The fraction of sp³-hybridized carbons (Fsp3) is 0.810. The minimum absolute atomic E-state index is 0.0465. The fourth-order valence-electron chi connectivity index (χ4n) is 3.29. The number of carbonyl (C=O) groups is 2. The number of carboxylic acids is 1. The largest absolute Gasteiger partial charge is 0.478 e. The predicted molar refractivity (Wildman–Crippen MR) is 111 cm³/mol. The molecule has 152 valence electrons. The minimum atomic E-state index is -1.18. The monoisotopic (exact) mass is 384 g/mol. The number of carboxylic acid groups (broad SMARTS) is 1. The average molecular weight is 385 g/mol. The SMILES string of the molecule is CCCCCCCCC(OC(=O)/C=C/C(=O)O)[SiH](CCCC)CCCC. The molecule has 0 saturated carbocycles. The molecule has 0 heterocycles. The van der Waals surface area contributed by atoms with E-state index < -0.39 is 20.7 Å². The molecule has 0 amide bonds. The Bertz CT molecular complexity index is 387. The molecule has 0 aliphatic rings. The molecule has 0 fully saturated rings. The summed E-state index contributed by atoms with van der Waals surface area (Å²) in [7, 11) is -1.18. The van der Waals surface area contributed by atoms with Gasteiger partial charge in [-0.05, 0) is 6.42 Å². The van der Waals surface area contributed by atoms with Crippen LogP contribution in [0, 0.1) is 0 Å². The summed E-state index contributed by atoms with van der Waals surface area (Å²) >= 11 is 0. The van der Waals surface area contributed by atoms with Crippen LogP contribution in [-0.4, -0.2) is 31.6 Å². The van der Waals surface area contributed by atoms with Crippen LogP contribution in [0.3, 0.4) is 0 Å². The van der Waals surface area contributed by atoms with Gasteiger partial charge in [-0.3, -0.25) is 0 Å². The maximum absolute atomic E-state index is 12.0. The van der Waals surface area contributed by atoms with Gasteiger partial charge >= 0.3 is 11.9 Å². The molecule has 0 bridgehead atoms. The van der Waals surface area contributed by atoms with Crippen LogP contribution in [0.25, 0.3) is 0 Å². The summed E-state index contributed by atoms with van der Waals surface area (Å²) in [5.74, 6) is -1.60. The molecule has 4 nitrogen and oxygen atoms in total. The summed E-state index contributed by atoms with van der Waals surface area (Å²) in [5.41, 5.74) is 0.0465. The number of ether oxygens (including phenoxy) is 1. The average Bonchev–Trinajstić information content (AvgIpc) is 2.62. The number of hydrogen-bond donors (Lipinski definition) is 1. The number of aliphatic carboxylic acids is 1. The highest BCUT2D eigenvalue weighted by Crippen LogP contribution is 2.21. The quantitative estimate of drug-likeness (QED) is 0.152. The molecule has 26 heavy (non-hydrogen) atoms. The first kappa shape index (κ1) is 24.9. The second kappa shape index (κ2) is 17.3. The van der Waals surface area contributed by atoms with Crippen LogP contribution in [0.4, 0.5) is 0 Å². The molecule has 0 spiro atoms. The topological polar surface area (TPSA) is 63.6 Å². The molecule has 1 atom stereocenters. The summed E-state index contributed by atoms with van der Waals surface area (Å²) in [6.45, 7) is 6.63. The highest BCUT2D eigenvalue weighted by molar-refractivity contribution is 6.60. The lowest BCUT2D eigenvalue weighted by molar-refractivity contribution is -0.140. The van der Waals surface area contributed by atoms with Gasteiger partial charge in [-0.2, -0.15) is 0 Å². The van der Waals surface area contributed by atoms with E-state index in [9.17, 15) is 9.59 Å². The molecule has 1 N–H and O–H groups in total. The molecule has 5 heteroatoms. The Kier molecular flexibility index (Phi) is 16.6. The summed E-state index contributed by atoms with van der Waals surface area (Å²) in [4.78, 5) is 22.7. The summed E-state index contributed by atoms with van der Waals surface area (Å²) in [6, 6.07) is 2.43. The van der Waals surface area contributed by atoms with Crippen molar-refractivity contribution >= 4 is 20.7 Å². The van der Waals surface area contributed by atoms with Crippen molar-refractivity contribution in [3.8, 4) is 0 Å². The van der Waals surface area contributed by atoms with Crippen LogP contribution in [-0.2, 0) is 14.3 Å². The van der Waals surface area contributed by atoms with Gasteiger partial charge in [0, 0.05) is 12.2 Å². The number of esters is 1. The first-order valence-corrected chi connectivity index (χ1v) is 13.0. The van der Waals surface area contributed by atoms with E-state index in [-0.39, 0.29) is 5.73 Å². The van der Waals surface area contributed by atoms with Gasteiger partial charge in [0.15, 0.2) is 0 Å². The van der Waals surface area contributed by atoms with E-state index in [1.165, 1.54) is 69.9 Å². The van der Waals surface area contributed by atoms with Gasteiger partial charge in [0.25, 0.3) is 0 Å². The summed E-state index contributed by atoms with van der Waals surface area (Å²) in [5, 5.41) is 8.70. The first-order valence-electron chi connectivity index (χ1n) is 10.7. The molecular formula is C21H40O4Si. The van der Waals surface area contributed by atoms with Crippen molar-refractivity contribution in [3.05, 3.63) is 12.2 Å². The van der Waals surface area contributed by atoms with Gasteiger partial charge in [-0.15, -0.1) is 0 Å². The zero-order valence-electron chi connectivity index (χ0n) is 17.2. The number of hydrogen-bond acceptors (Lipinski definition) is 3. The molecule has 0 aliphatic carbocycles. The van der Waals surface area contributed by atoms with E-state index in [1.54, 1.807) is 0 Å². The normalized spacial score (nSPS) is 12.6. The molecule has 1 unspecified atom stereocenters. The third kappa shape index (κ3) is 14.1. The van der Waals surface area contributed by atoms with Crippen molar-refractivity contribution in [3.63, 3.8) is 0 Å². The molecule has 0 aromatic heterocycles. The molecule has 0 aliphatic heterocycles. The molecule has 0 saturated heterocycles. The lowest BCUT2D eigenvalue weighted by Gasteiger charge is -2.26. The van der Waals surface area contributed by atoms with E-state index in [0.29, 0.717) is 0 Å². The Balaban J connectivity index is 4.73. The summed E-state index contributed by atoms with van der Waals surface area (Å²) < 4.78 is 5.76. The smallest absolute Gasteiger partial charge is 0.330 e. The van der Waals surface area contributed by atoms with Crippen molar-refractivity contribution in [1.82, 2.24) is 0 Å². The third-order valence-corrected chi connectivity index (χ3v) is 8.68. The minimum Gasteiger partial charge on any atom is -0.478 e. The van der Waals surface area contributed by atoms with Gasteiger partial charge in [0.05, 0.1) is 14.5 Å². The number of carbonyl (C=O) groups excluding carboxylic acids is 1. The van der Waals surface area contributed by atoms with Crippen molar-refractivity contribution in [2.75, 3.05) is 0 Å². The van der Waals surface area contributed by atoms with Crippen LogP contribution < -0.4 is 0 Å². The maximum atomic E-state index is 12.0. The Morgan fingerprint density at radius 1 is 0.846 bits per heavy atom. The Morgan fingerprint density at radius 3 is 1.92 bits per heavy atom. The van der Waals surface area contributed by atoms with Gasteiger partial charge < -0.3 is 9.84 Å². The highest BCUT2D eigenvalue weighted by Gasteiger charge is 2.25. The second-order valence-electron chi connectivity index (χ2n) is 7.25. The van der Waals surface area contributed by atoms with E-state index in [0.717, 1.165) is 25.0 Å². The highest BCUT2D eigenvalue weighted by atomic mass is 28.3. The van der Waals surface area contributed by atoms with Crippen molar-refractivity contribution in [2.45, 2.75) is 109 Å².